The zero-order valence-corrected chi connectivity index (χ0v) is 8.61. The fourth-order valence-corrected chi connectivity index (χ4v) is 1.95. The molecule has 0 radical (unpaired) electrons. The number of aldehydes is 1. The summed E-state index contributed by atoms with van der Waals surface area (Å²) in [7, 11) is 0. The highest BCUT2D eigenvalue weighted by atomic mass is 35.5. The van der Waals surface area contributed by atoms with Crippen molar-refractivity contribution in [3.05, 3.63) is 28.9 Å². The molecule has 0 spiro atoms. The van der Waals surface area contributed by atoms with Crippen LogP contribution in [-0.2, 0) is 0 Å². The molecule has 5 heteroatoms. The first-order chi connectivity index (χ1) is 7.31. The largest absolute Gasteiger partial charge is 0.296 e. The molecule has 0 N–H and O–H groups in total. The molecular formula is C10H8ClN3O. The SMILES string of the molecule is O=Cc1c(C2CC2)nc2c(Cl)nccn12. The van der Waals surface area contributed by atoms with Gasteiger partial charge in [0.1, 0.15) is 5.69 Å². The van der Waals surface area contributed by atoms with E-state index in [1.54, 1.807) is 16.8 Å². The lowest BCUT2D eigenvalue weighted by molar-refractivity contribution is 0.111. The van der Waals surface area contributed by atoms with Gasteiger partial charge in [-0.25, -0.2) is 9.97 Å². The Morgan fingerprint density at radius 3 is 3.00 bits per heavy atom. The third-order valence-corrected chi connectivity index (χ3v) is 2.91. The molecule has 1 aliphatic carbocycles. The molecule has 1 fully saturated rings. The molecule has 0 bridgehead atoms. The van der Waals surface area contributed by atoms with E-state index in [2.05, 4.69) is 9.97 Å². The number of nitrogens with zero attached hydrogens (tertiary/aromatic N) is 3. The second kappa shape index (κ2) is 3.03. The number of halogens is 1. The monoisotopic (exact) mass is 221 g/mol. The van der Waals surface area contributed by atoms with Crippen LogP contribution >= 0.6 is 11.6 Å². The highest BCUT2D eigenvalue weighted by Crippen LogP contribution is 2.41. The number of aromatic nitrogens is 3. The van der Waals surface area contributed by atoms with Crippen molar-refractivity contribution in [1.82, 2.24) is 14.4 Å². The molecule has 0 atom stereocenters. The second-order valence-electron chi connectivity index (χ2n) is 3.69. The van der Waals surface area contributed by atoms with Gasteiger partial charge >= 0.3 is 0 Å². The molecule has 0 saturated heterocycles. The lowest BCUT2D eigenvalue weighted by Gasteiger charge is -1.95. The minimum absolute atomic E-state index is 0.340. The molecule has 1 saturated carbocycles. The Kier molecular flexibility index (Phi) is 1.79. The van der Waals surface area contributed by atoms with Crippen LogP contribution in [0.2, 0.25) is 5.15 Å². The van der Waals surface area contributed by atoms with Gasteiger partial charge in [-0.2, -0.15) is 0 Å². The molecule has 4 nitrogen and oxygen atoms in total. The van der Waals surface area contributed by atoms with Gasteiger partial charge in [-0.15, -0.1) is 0 Å². The molecule has 2 aromatic rings. The first-order valence-corrected chi connectivity index (χ1v) is 5.16. The van der Waals surface area contributed by atoms with E-state index in [1.165, 1.54) is 0 Å². The van der Waals surface area contributed by atoms with Crippen LogP contribution in [0.3, 0.4) is 0 Å². The van der Waals surface area contributed by atoms with Crippen LogP contribution in [-0.4, -0.2) is 20.7 Å². The summed E-state index contributed by atoms with van der Waals surface area (Å²) in [6.45, 7) is 0. The summed E-state index contributed by atoms with van der Waals surface area (Å²) in [5.41, 5.74) is 2.04. The summed E-state index contributed by atoms with van der Waals surface area (Å²) in [5, 5.41) is 0.340. The smallest absolute Gasteiger partial charge is 0.175 e. The normalized spacial score (nSPS) is 15.8. The quantitative estimate of drug-likeness (QED) is 0.730. The van der Waals surface area contributed by atoms with Crippen molar-refractivity contribution < 1.29 is 4.79 Å². The maximum atomic E-state index is 11.0. The van der Waals surface area contributed by atoms with Crippen molar-refractivity contribution in [3.63, 3.8) is 0 Å². The molecule has 1 aliphatic rings. The topological polar surface area (TPSA) is 47.3 Å². The van der Waals surface area contributed by atoms with Crippen molar-refractivity contribution >= 4 is 23.5 Å². The van der Waals surface area contributed by atoms with E-state index < -0.39 is 0 Å². The van der Waals surface area contributed by atoms with Gasteiger partial charge in [0.15, 0.2) is 17.1 Å². The van der Waals surface area contributed by atoms with Gasteiger partial charge in [0, 0.05) is 18.3 Å². The number of hydrogen-bond acceptors (Lipinski definition) is 3. The number of fused-ring (bicyclic) bond motifs is 1. The van der Waals surface area contributed by atoms with Crippen LogP contribution in [0.25, 0.3) is 5.65 Å². The zero-order chi connectivity index (χ0) is 10.4. The van der Waals surface area contributed by atoms with E-state index in [9.17, 15) is 4.79 Å². The maximum absolute atomic E-state index is 11.0. The molecular weight excluding hydrogens is 214 g/mol. The number of carbonyl (C=O) groups excluding carboxylic acids is 1. The van der Waals surface area contributed by atoms with Crippen LogP contribution < -0.4 is 0 Å². The predicted octanol–water partition coefficient (Wildman–Crippen LogP) is 2.07. The summed E-state index contributed by atoms with van der Waals surface area (Å²) < 4.78 is 1.70. The van der Waals surface area contributed by atoms with Gasteiger partial charge in [0.2, 0.25) is 0 Å². The Morgan fingerprint density at radius 1 is 1.53 bits per heavy atom. The van der Waals surface area contributed by atoms with Gasteiger partial charge in [-0.05, 0) is 12.8 Å². The molecule has 0 aliphatic heterocycles. The third kappa shape index (κ3) is 1.25. The Balaban J connectivity index is 2.36. The van der Waals surface area contributed by atoms with Crippen LogP contribution in [0.15, 0.2) is 12.4 Å². The van der Waals surface area contributed by atoms with E-state index in [0.29, 0.717) is 22.4 Å². The zero-order valence-electron chi connectivity index (χ0n) is 7.85. The minimum Gasteiger partial charge on any atom is -0.296 e. The molecule has 76 valence electrons. The number of hydrogen-bond donors (Lipinski definition) is 0. The summed E-state index contributed by atoms with van der Waals surface area (Å²) in [5.74, 6) is 0.432. The lowest BCUT2D eigenvalue weighted by atomic mass is 10.2. The Morgan fingerprint density at radius 2 is 2.33 bits per heavy atom. The highest BCUT2D eigenvalue weighted by molar-refractivity contribution is 6.32. The number of imidazole rings is 1. The summed E-state index contributed by atoms with van der Waals surface area (Å²) in [6, 6.07) is 0. The second-order valence-corrected chi connectivity index (χ2v) is 4.04. The van der Waals surface area contributed by atoms with Crippen LogP contribution in [0.5, 0.6) is 0 Å². The number of rotatable bonds is 2. The van der Waals surface area contributed by atoms with Gasteiger partial charge in [0.25, 0.3) is 0 Å². The van der Waals surface area contributed by atoms with Gasteiger partial charge < -0.3 is 0 Å². The summed E-state index contributed by atoms with van der Waals surface area (Å²) in [6.07, 6.45) is 6.33. The van der Waals surface area contributed by atoms with Crippen LogP contribution in [0, 0.1) is 0 Å². The molecule has 2 aromatic heterocycles. The molecule has 0 amide bonds. The van der Waals surface area contributed by atoms with Crippen molar-refractivity contribution in [2.75, 3.05) is 0 Å². The first kappa shape index (κ1) is 8.85. The molecule has 15 heavy (non-hydrogen) atoms. The van der Waals surface area contributed by atoms with E-state index in [-0.39, 0.29) is 0 Å². The van der Waals surface area contributed by atoms with Crippen molar-refractivity contribution in [3.8, 4) is 0 Å². The van der Waals surface area contributed by atoms with Crippen molar-refractivity contribution in [2.24, 2.45) is 0 Å². The van der Waals surface area contributed by atoms with E-state index in [0.717, 1.165) is 24.8 Å². The molecule has 3 rings (SSSR count). The standard InChI is InChI=1S/C10H8ClN3O/c11-9-10-13-8(6-1-2-6)7(5-15)14(10)4-3-12-9/h3-6H,1-2H2. The lowest BCUT2D eigenvalue weighted by Crippen LogP contribution is -1.94. The minimum atomic E-state index is 0.340. The summed E-state index contributed by atoms with van der Waals surface area (Å²) >= 11 is 5.91. The Labute approximate surface area is 90.9 Å². The first-order valence-electron chi connectivity index (χ1n) is 4.79. The van der Waals surface area contributed by atoms with Gasteiger partial charge in [0.05, 0.1) is 5.69 Å². The fourth-order valence-electron chi connectivity index (χ4n) is 1.76. The number of carbonyl (C=O) groups is 1. The summed E-state index contributed by atoms with van der Waals surface area (Å²) in [4.78, 5) is 19.3. The van der Waals surface area contributed by atoms with Gasteiger partial charge in [-0.1, -0.05) is 11.6 Å². The van der Waals surface area contributed by atoms with Gasteiger partial charge in [-0.3, -0.25) is 9.20 Å². The predicted molar refractivity (Wildman–Crippen MR) is 55.4 cm³/mol. The fraction of sp³-hybridized carbons (Fsp3) is 0.300. The molecule has 0 unspecified atom stereocenters. The Hall–Kier alpha value is -1.42. The average molecular weight is 222 g/mol. The average Bonchev–Trinajstić information content (AvgIpc) is 3.00. The van der Waals surface area contributed by atoms with E-state index in [1.807, 2.05) is 0 Å². The highest BCUT2D eigenvalue weighted by Gasteiger charge is 2.30. The molecule has 2 heterocycles. The van der Waals surface area contributed by atoms with E-state index >= 15 is 0 Å². The maximum Gasteiger partial charge on any atom is 0.175 e. The molecule has 0 aromatic carbocycles. The van der Waals surface area contributed by atoms with Crippen molar-refractivity contribution in [2.45, 2.75) is 18.8 Å². The van der Waals surface area contributed by atoms with Crippen molar-refractivity contribution in [1.29, 1.82) is 0 Å². The Bertz CT molecular complexity index is 545. The third-order valence-electron chi connectivity index (χ3n) is 2.64. The van der Waals surface area contributed by atoms with Crippen LogP contribution in [0.4, 0.5) is 0 Å². The van der Waals surface area contributed by atoms with E-state index in [4.69, 9.17) is 11.6 Å². The van der Waals surface area contributed by atoms with Crippen LogP contribution in [0.1, 0.15) is 34.9 Å².